The SMILES string of the molecule is Cc1cc(C)n2ncc(-c3nccn3-c3ccc(NS(C)(=O)=O)cc3C)c2n1. The molecule has 9 heteroatoms. The molecule has 0 bridgehead atoms. The van der Waals surface area contributed by atoms with Crippen LogP contribution in [0.25, 0.3) is 22.7 Å². The van der Waals surface area contributed by atoms with Crippen molar-refractivity contribution in [3.63, 3.8) is 0 Å². The van der Waals surface area contributed by atoms with Crippen molar-refractivity contribution in [3.05, 3.63) is 59.8 Å². The molecule has 0 atom stereocenters. The van der Waals surface area contributed by atoms with E-state index in [2.05, 4.69) is 19.8 Å². The van der Waals surface area contributed by atoms with Gasteiger partial charge >= 0.3 is 0 Å². The van der Waals surface area contributed by atoms with Crippen LogP contribution in [0.1, 0.15) is 17.0 Å². The van der Waals surface area contributed by atoms with Gasteiger partial charge in [-0.2, -0.15) is 5.10 Å². The number of rotatable bonds is 4. The van der Waals surface area contributed by atoms with Crippen molar-refractivity contribution in [1.82, 2.24) is 24.1 Å². The van der Waals surface area contributed by atoms with Crippen LogP contribution in [0.15, 0.2) is 42.9 Å². The van der Waals surface area contributed by atoms with Gasteiger partial charge in [0.2, 0.25) is 10.0 Å². The number of benzene rings is 1. The number of hydrogen-bond donors (Lipinski definition) is 1. The number of nitrogens with one attached hydrogen (secondary N) is 1. The molecule has 8 nitrogen and oxygen atoms in total. The van der Waals surface area contributed by atoms with E-state index in [4.69, 9.17) is 0 Å². The highest BCUT2D eigenvalue weighted by Crippen LogP contribution is 2.28. The Morgan fingerprint density at radius 3 is 2.61 bits per heavy atom. The topological polar surface area (TPSA) is 94.2 Å². The Hall–Kier alpha value is -3.20. The van der Waals surface area contributed by atoms with Gasteiger partial charge in [0.25, 0.3) is 0 Å². The molecule has 4 aromatic rings. The molecule has 144 valence electrons. The number of hydrogen-bond acceptors (Lipinski definition) is 5. The second-order valence-electron chi connectivity index (χ2n) is 6.83. The van der Waals surface area contributed by atoms with Gasteiger partial charge in [-0.1, -0.05) is 0 Å². The summed E-state index contributed by atoms with van der Waals surface area (Å²) in [6.07, 6.45) is 6.49. The molecule has 28 heavy (non-hydrogen) atoms. The first-order valence-electron chi connectivity index (χ1n) is 8.67. The standard InChI is InChI=1S/C19H20N6O2S/c1-12-9-15(23-28(4,26)27)5-6-17(12)24-8-7-20-18(24)16-11-21-25-14(3)10-13(2)22-19(16)25/h5-11,23H,1-4H3. The first kappa shape index (κ1) is 18.2. The van der Waals surface area contributed by atoms with Crippen molar-refractivity contribution >= 4 is 21.4 Å². The van der Waals surface area contributed by atoms with Crippen LogP contribution in [-0.2, 0) is 10.0 Å². The smallest absolute Gasteiger partial charge is 0.229 e. The lowest BCUT2D eigenvalue weighted by atomic mass is 10.1. The monoisotopic (exact) mass is 396 g/mol. The summed E-state index contributed by atoms with van der Waals surface area (Å²) in [5.41, 5.74) is 5.82. The van der Waals surface area contributed by atoms with E-state index in [-0.39, 0.29) is 0 Å². The number of imidazole rings is 1. The average Bonchev–Trinajstić information content (AvgIpc) is 3.19. The summed E-state index contributed by atoms with van der Waals surface area (Å²) in [5.74, 6) is 0.722. The van der Waals surface area contributed by atoms with Crippen molar-refractivity contribution in [2.45, 2.75) is 20.8 Å². The number of anilines is 1. The zero-order valence-electron chi connectivity index (χ0n) is 16.0. The van der Waals surface area contributed by atoms with E-state index in [9.17, 15) is 8.42 Å². The van der Waals surface area contributed by atoms with Gasteiger partial charge < -0.3 is 0 Å². The second-order valence-corrected chi connectivity index (χ2v) is 8.58. The van der Waals surface area contributed by atoms with E-state index >= 15 is 0 Å². The average molecular weight is 396 g/mol. The van der Waals surface area contributed by atoms with E-state index in [1.165, 1.54) is 0 Å². The molecular formula is C19H20N6O2S. The Balaban J connectivity index is 1.83. The molecule has 0 fully saturated rings. The maximum Gasteiger partial charge on any atom is 0.229 e. The molecule has 0 aliphatic heterocycles. The van der Waals surface area contributed by atoms with Crippen LogP contribution in [0, 0.1) is 20.8 Å². The highest BCUT2D eigenvalue weighted by atomic mass is 32.2. The van der Waals surface area contributed by atoms with Crippen LogP contribution < -0.4 is 4.72 Å². The number of sulfonamides is 1. The van der Waals surface area contributed by atoms with Crippen LogP contribution in [0.4, 0.5) is 5.69 Å². The molecule has 1 N–H and O–H groups in total. The molecule has 0 aliphatic carbocycles. The minimum Gasteiger partial charge on any atom is -0.299 e. The number of nitrogens with zero attached hydrogens (tertiary/aromatic N) is 5. The van der Waals surface area contributed by atoms with Gasteiger partial charge in [-0.3, -0.25) is 9.29 Å². The van der Waals surface area contributed by atoms with Gasteiger partial charge in [0.05, 0.1) is 23.7 Å². The Morgan fingerprint density at radius 1 is 1.11 bits per heavy atom. The maximum atomic E-state index is 11.5. The summed E-state index contributed by atoms with van der Waals surface area (Å²) in [5, 5.41) is 4.45. The van der Waals surface area contributed by atoms with Gasteiger partial charge in [0.1, 0.15) is 5.82 Å². The third kappa shape index (κ3) is 3.24. The molecular weight excluding hydrogens is 376 g/mol. The number of aryl methyl sites for hydroxylation is 3. The summed E-state index contributed by atoms with van der Waals surface area (Å²) in [6.45, 7) is 5.87. The maximum absolute atomic E-state index is 11.5. The minimum absolute atomic E-state index is 0.523. The summed E-state index contributed by atoms with van der Waals surface area (Å²) >= 11 is 0. The zero-order chi connectivity index (χ0) is 20.1. The Bertz CT molecular complexity index is 1300. The number of aromatic nitrogens is 5. The van der Waals surface area contributed by atoms with Crippen LogP contribution in [0.5, 0.6) is 0 Å². The largest absolute Gasteiger partial charge is 0.299 e. The lowest BCUT2D eigenvalue weighted by Crippen LogP contribution is -2.10. The van der Waals surface area contributed by atoms with Gasteiger partial charge in [-0.15, -0.1) is 0 Å². The summed E-state index contributed by atoms with van der Waals surface area (Å²) in [4.78, 5) is 9.16. The first-order valence-corrected chi connectivity index (χ1v) is 10.6. The Morgan fingerprint density at radius 2 is 1.89 bits per heavy atom. The van der Waals surface area contributed by atoms with Crippen molar-refractivity contribution < 1.29 is 8.42 Å². The molecule has 4 rings (SSSR count). The fourth-order valence-electron chi connectivity index (χ4n) is 3.33. The quantitative estimate of drug-likeness (QED) is 0.572. The second kappa shape index (κ2) is 6.45. The van der Waals surface area contributed by atoms with Crippen molar-refractivity contribution in [1.29, 1.82) is 0 Å². The van der Waals surface area contributed by atoms with Crippen LogP contribution in [0.2, 0.25) is 0 Å². The third-order valence-corrected chi connectivity index (χ3v) is 5.03. The summed E-state index contributed by atoms with van der Waals surface area (Å²) in [7, 11) is -3.33. The van der Waals surface area contributed by atoms with Gasteiger partial charge in [-0.05, 0) is 50.6 Å². The van der Waals surface area contributed by atoms with Crippen LogP contribution >= 0.6 is 0 Å². The molecule has 0 aliphatic rings. The zero-order valence-corrected chi connectivity index (χ0v) is 16.8. The predicted octanol–water partition coefficient (Wildman–Crippen LogP) is 2.88. The molecule has 3 heterocycles. The molecule has 0 spiro atoms. The molecule has 0 saturated carbocycles. The van der Waals surface area contributed by atoms with Gasteiger partial charge in [0, 0.05) is 29.5 Å². The predicted molar refractivity (Wildman–Crippen MR) is 108 cm³/mol. The van der Waals surface area contributed by atoms with E-state index < -0.39 is 10.0 Å². The van der Waals surface area contributed by atoms with Gasteiger partial charge in [0.15, 0.2) is 5.65 Å². The molecule has 1 aromatic carbocycles. The number of fused-ring (bicyclic) bond motifs is 1. The lowest BCUT2D eigenvalue weighted by Gasteiger charge is -2.12. The van der Waals surface area contributed by atoms with E-state index in [1.54, 1.807) is 29.0 Å². The normalized spacial score (nSPS) is 11.9. The first-order chi connectivity index (χ1) is 13.2. The van der Waals surface area contributed by atoms with Crippen molar-refractivity contribution in [3.8, 4) is 17.1 Å². The summed E-state index contributed by atoms with van der Waals surface area (Å²) in [6, 6.07) is 7.37. The molecule has 3 aromatic heterocycles. The molecule has 0 unspecified atom stereocenters. The van der Waals surface area contributed by atoms with Crippen LogP contribution in [0.3, 0.4) is 0 Å². The summed E-state index contributed by atoms with van der Waals surface area (Å²) < 4.78 is 29.2. The molecule has 0 saturated heterocycles. The van der Waals surface area contributed by atoms with E-state index in [1.807, 2.05) is 43.7 Å². The Kier molecular flexibility index (Phi) is 4.19. The Labute approximate surface area is 162 Å². The minimum atomic E-state index is -3.33. The highest BCUT2D eigenvalue weighted by Gasteiger charge is 2.17. The fourth-order valence-corrected chi connectivity index (χ4v) is 3.88. The third-order valence-electron chi connectivity index (χ3n) is 4.42. The van der Waals surface area contributed by atoms with E-state index in [0.29, 0.717) is 5.69 Å². The van der Waals surface area contributed by atoms with Crippen LogP contribution in [-0.4, -0.2) is 38.8 Å². The fraction of sp³-hybridized carbons (Fsp3) is 0.211. The highest BCUT2D eigenvalue weighted by molar-refractivity contribution is 7.92. The molecule has 0 amide bonds. The van der Waals surface area contributed by atoms with Crippen molar-refractivity contribution in [2.75, 3.05) is 11.0 Å². The molecule has 0 radical (unpaired) electrons. The lowest BCUT2D eigenvalue weighted by molar-refractivity contribution is 0.607. The van der Waals surface area contributed by atoms with Gasteiger partial charge in [-0.25, -0.2) is 22.9 Å². The van der Waals surface area contributed by atoms with Crippen molar-refractivity contribution in [2.24, 2.45) is 0 Å². The van der Waals surface area contributed by atoms with E-state index in [0.717, 1.165) is 45.9 Å².